The molecule has 6 heterocycles. The molecule has 0 atom stereocenters. The predicted octanol–water partition coefficient (Wildman–Crippen LogP) is 4.51. The number of carbonyl (C=O) groups is 1. The van der Waals surface area contributed by atoms with Crippen LogP contribution in [0.2, 0.25) is 5.02 Å². The molecule has 0 radical (unpaired) electrons. The zero-order valence-corrected chi connectivity index (χ0v) is 27.6. The number of ether oxygens (including phenoxy) is 1. The molecule has 11 nitrogen and oxygen atoms in total. The smallest absolute Gasteiger partial charge is 0.271 e. The van der Waals surface area contributed by atoms with Gasteiger partial charge in [0.15, 0.2) is 0 Å². The maximum atomic E-state index is 13.5. The molecule has 4 aromatic rings. The highest BCUT2D eigenvalue weighted by Crippen LogP contribution is 2.33. The number of likely N-dealkylation sites (N-methyl/N-ethyl adjacent to an activating group) is 1. The molecule has 1 amide bonds. The topological polar surface area (TPSA) is 115 Å². The van der Waals surface area contributed by atoms with Gasteiger partial charge in [0.05, 0.1) is 40.6 Å². The Morgan fingerprint density at radius 2 is 1.93 bits per heavy atom. The number of fused-ring (bicyclic) bond motifs is 1. The highest BCUT2D eigenvalue weighted by molar-refractivity contribution is 6.33. The third-order valence-electron chi connectivity index (χ3n) is 9.40. The van der Waals surface area contributed by atoms with Gasteiger partial charge >= 0.3 is 0 Å². The van der Waals surface area contributed by atoms with E-state index in [0.29, 0.717) is 22.9 Å². The Morgan fingerprint density at radius 1 is 1.13 bits per heavy atom. The second-order valence-corrected chi connectivity index (χ2v) is 13.3. The maximum absolute atomic E-state index is 13.5. The van der Waals surface area contributed by atoms with Crippen LogP contribution in [0.15, 0.2) is 55.1 Å². The van der Waals surface area contributed by atoms with Crippen LogP contribution in [-0.2, 0) is 0 Å². The van der Waals surface area contributed by atoms with E-state index in [1.807, 2.05) is 31.3 Å². The lowest BCUT2D eigenvalue weighted by atomic mass is 9.85. The number of nitrogens with zero attached hydrogens (tertiary/aromatic N) is 8. The molecule has 0 saturated carbocycles. The molecule has 240 valence electrons. The van der Waals surface area contributed by atoms with Crippen LogP contribution >= 0.6 is 11.6 Å². The number of halogens is 1. The first-order valence-electron chi connectivity index (χ1n) is 15.7. The summed E-state index contributed by atoms with van der Waals surface area (Å²) in [7, 11) is 2.17. The summed E-state index contributed by atoms with van der Waals surface area (Å²) in [5, 5.41) is 17.8. The summed E-state index contributed by atoms with van der Waals surface area (Å²) < 4.78 is 7.46. The third-order valence-corrected chi connectivity index (χ3v) is 9.70. The van der Waals surface area contributed by atoms with Crippen LogP contribution in [0, 0.1) is 11.3 Å². The quantitative estimate of drug-likeness (QED) is 0.297. The minimum atomic E-state index is -0.443. The Hall–Kier alpha value is -4.24. The van der Waals surface area contributed by atoms with Gasteiger partial charge in [-0.15, -0.1) is 0 Å². The number of hydrogen-bond donors (Lipinski definition) is 1. The fourth-order valence-electron chi connectivity index (χ4n) is 6.62. The number of piperazine rings is 1. The number of hydrogen-bond acceptors (Lipinski definition) is 9. The predicted molar refractivity (Wildman–Crippen MR) is 178 cm³/mol. The minimum Gasteiger partial charge on any atom is -0.492 e. The molecule has 0 unspecified atom stereocenters. The number of nitriles is 1. The van der Waals surface area contributed by atoms with Gasteiger partial charge in [-0.1, -0.05) is 11.6 Å². The molecule has 46 heavy (non-hydrogen) atoms. The molecule has 2 saturated heterocycles. The first-order valence-corrected chi connectivity index (χ1v) is 16.1. The first kappa shape index (κ1) is 31.7. The van der Waals surface area contributed by atoms with Crippen LogP contribution in [0.5, 0.6) is 5.75 Å². The lowest BCUT2D eigenvalue weighted by Gasteiger charge is -2.50. The normalized spacial score (nSPS) is 18.3. The largest absolute Gasteiger partial charge is 0.492 e. The first-order chi connectivity index (χ1) is 22.1. The van der Waals surface area contributed by atoms with E-state index in [2.05, 4.69) is 57.1 Å². The van der Waals surface area contributed by atoms with Gasteiger partial charge in [0.25, 0.3) is 5.91 Å². The van der Waals surface area contributed by atoms with Gasteiger partial charge in [-0.3, -0.25) is 14.6 Å². The van der Waals surface area contributed by atoms with Crippen LogP contribution in [0.1, 0.15) is 49.7 Å². The minimum absolute atomic E-state index is 0.0405. The van der Waals surface area contributed by atoms with E-state index < -0.39 is 5.54 Å². The molecule has 6 rings (SSSR count). The molecule has 0 aromatic carbocycles. The van der Waals surface area contributed by atoms with Gasteiger partial charge in [0, 0.05) is 68.3 Å². The van der Waals surface area contributed by atoms with E-state index in [9.17, 15) is 10.1 Å². The van der Waals surface area contributed by atoms with Crippen molar-refractivity contribution in [2.75, 3.05) is 57.8 Å². The van der Waals surface area contributed by atoms with Crippen molar-refractivity contribution < 1.29 is 9.53 Å². The van der Waals surface area contributed by atoms with E-state index >= 15 is 0 Å². The summed E-state index contributed by atoms with van der Waals surface area (Å²) in [6.07, 6.45) is 8.29. The SMILES string of the molecule is CCOc1cc(-c2ccc(N3CCC(CN4CCN(C)C(C)(C)C4)(NC(=O)c4ncccc4Cl)CC3)nc2)c2c(C#N)cnn2c1. The van der Waals surface area contributed by atoms with Crippen molar-refractivity contribution in [1.29, 1.82) is 5.26 Å². The summed E-state index contributed by atoms with van der Waals surface area (Å²) in [5.41, 5.74) is 2.77. The van der Waals surface area contributed by atoms with Gasteiger partial charge in [0.2, 0.25) is 0 Å². The summed E-state index contributed by atoms with van der Waals surface area (Å²) in [5.74, 6) is 1.29. The van der Waals surface area contributed by atoms with Crippen molar-refractivity contribution >= 4 is 28.8 Å². The Balaban J connectivity index is 1.22. The zero-order valence-electron chi connectivity index (χ0n) is 26.8. The van der Waals surface area contributed by atoms with Crippen molar-refractivity contribution in [3.63, 3.8) is 0 Å². The summed E-state index contributed by atoms with van der Waals surface area (Å²) in [6, 6.07) is 11.7. The maximum Gasteiger partial charge on any atom is 0.271 e. The molecule has 0 bridgehead atoms. The van der Waals surface area contributed by atoms with E-state index in [4.69, 9.17) is 21.3 Å². The molecule has 12 heteroatoms. The lowest BCUT2D eigenvalue weighted by molar-refractivity contribution is 0.0202. The Morgan fingerprint density at radius 3 is 2.61 bits per heavy atom. The zero-order chi connectivity index (χ0) is 32.5. The standard InChI is InChI=1S/C34H40ClN9O2/c1-5-46-26-17-27(31-25(18-36)20-39-44(31)21-26)24-8-9-29(38-19-24)43-13-10-34(11-14-43,23-42-16-15-41(4)33(2,3)22-42)40-32(45)30-28(35)7-6-12-37-30/h6-9,12,17,19-21H,5,10-11,13-16,22-23H2,1-4H3,(H,40,45). The molecule has 2 fully saturated rings. The molecule has 0 aliphatic carbocycles. The molecule has 2 aliphatic rings. The van der Waals surface area contributed by atoms with Crippen LogP contribution in [0.4, 0.5) is 5.82 Å². The highest BCUT2D eigenvalue weighted by Gasteiger charge is 2.41. The van der Waals surface area contributed by atoms with Crippen LogP contribution in [0.25, 0.3) is 16.6 Å². The van der Waals surface area contributed by atoms with Gasteiger partial charge in [-0.2, -0.15) is 10.4 Å². The van der Waals surface area contributed by atoms with Crippen LogP contribution < -0.4 is 15.0 Å². The molecule has 1 N–H and O–H groups in total. The molecule has 0 spiro atoms. The molecule has 4 aromatic heterocycles. The number of pyridine rings is 3. The van der Waals surface area contributed by atoms with E-state index in [1.165, 1.54) is 0 Å². The van der Waals surface area contributed by atoms with E-state index in [-0.39, 0.29) is 17.1 Å². The van der Waals surface area contributed by atoms with E-state index in [1.54, 1.807) is 35.2 Å². The lowest BCUT2D eigenvalue weighted by Crippen LogP contribution is -2.65. The number of anilines is 1. The van der Waals surface area contributed by atoms with Crippen LogP contribution in [0.3, 0.4) is 0 Å². The summed E-state index contributed by atoms with van der Waals surface area (Å²) in [6.45, 7) is 12.0. The van der Waals surface area contributed by atoms with Gasteiger partial charge in [-0.05, 0) is 71.0 Å². The average molecular weight is 642 g/mol. The van der Waals surface area contributed by atoms with E-state index in [0.717, 1.165) is 74.6 Å². The monoisotopic (exact) mass is 641 g/mol. The average Bonchev–Trinajstić information content (AvgIpc) is 3.46. The Kier molecular flexibility index (Phi) is 8.88. The summed E-state index contributed by atoms with van der Waals surface area (Å²) in [4.78, 5) is 29.8. The second-order valence-electron chi connectivity index (χ2n) is 12.9. The number of rotatable bonds is 8. The number of aromatic nitrogens is 4. The third kappa shape index (κ3) is 6.38. The number of piperidine rings is 1. The van der Waals surface area contributed by atoms with Gasteiger partial charge < -0.3 is 15.0 Å². The van der Waals surface area contributed by atoms with Crippen molar-refractivity contribution in [3.05, 3.63) is 71.4 Å². The van der Waals surface area contributed by atoms with Gasteiger partial charge in [-0.25, -0.2) is 14.5 Å². The van der Waals surface area contributed by atoms with Gasteiger partial charge in [0.1, 0.15) is 23.3 Å². The fourth-order valence-corrected chi connectivity index (χ4v) is 6.83. The highest BCUT2D eigenvalue weighted by atomic mass is 35.5. The van der Waals surface area contributed by atoms with Crippen LogP contribution in [-0.4, -0.2) is 99.3 Å². The number of nitrogens with one attached hydrogen (secondary N) is 1. The summed E-state index contributed by atoms with van der Waals surface area (Å²) >= 11 is 6.37. The van der Waals surface area contributed by atoms with Crippen molar-refractivity contribution in [2.45, 2.75) is 44.7 Å². The van der Waals surface area contributed by atoms with Crippen molar-refractivity contribution in [3.8, 4) is 22.9 Å². The number of amides is 1. The van der Waals surface area contributed by atoms with Crippen molar-refractivity contribution in [2.24, 2.45) is 0 Å². The Labute approximate surface area is 274 Å². The number of carbonyl (C=O) groups excluding carboxylic acids is 1. The molecule has 2 aliphatic heterocycles. The Bertz CT molecular complexity index is 1760. The van der Waals surface area contributed by atoms with Crippen molar-refractivity contribution in [1.82, 2.24) is 34.7 Å². The second kappa shape index (κ2) is 12.9. The fraction of sp³-hybridized carbons (Fsp3) is 0.441. The molecular weight excluding hydrogens is 602 g/mol. The molecular formula is C34H40ClN9O2.